The third-order valence-electron chi connectivity index (χ3n) is 1.75. The summed E-state index contributed by atoms with van der Waals surface area (Å²) < 4.78 is 0. The van der Waals surface area contributed by atoms with Crippen molar-refractivity contribution in [3.8, 4) is 0 Å². The Morgan fingerprint density at radius 2 is 2.45 bits per heavy atom. The summed E-state index contributed by atoms with van der Waals surface area (Å²) in [4.78, 5) is 4.17. The van der Waals surface area contributed by atoms with Crippen molar-refractivity contribution in [1.82, 2.24) is 4.98 Å². The molecule has 0 aliphatic heterocycles. The Balaban J connectivity index is 0.000000605. The van der Waals surface area contributed by atoms with Gasteiger partial charge in [-0.05, 0) is 0 Å². The van der Waals surface area contributed by atoms with E-state index in [1.807, 2.05) is 12.5 Å². The summed E-state index contributed by atoms with van der Waals surface area (Å²) in [5.41, 5.74) is 8.03. The number of hydrogen-bond acceptors (Lipinski definition) is 2. The van der Waals surface area contributed by atoms with Crippen LogP contribution in [0.3, 0.4) is 0 Å². The molecule has 1 aliphatic carbocycles. The first kappa shape index (κ1) is 9.17. The Hall–Kier alpha value is 0.0839. The quantitative estimate of drug-likeness (QED) is 0.650. The second-order valence-corrected chi connectivity index (χ2v) is 2.58. The van der Waals surface area contributed by atoms with Crippen molar-refractivity contribution >= 4 is 0 Å². The maximum Gasteiger partial charge on any atom is 0.0222 e. The third-order valence-corrected chi connectivity index (χ3v) is 1.75. The molecule has 55 valence electrons. The average molecular weight is 222 g/mol. The van der Waals surface area contributed by atoms with Crippen LogP contribution in [0.5, 0.6) is 0 Å². The largest absolute Gasteiger partial charge is 0.341 e. The maximum atomic E-state index is 5.69. The summed E-state index contributed by atoms with van der Waals surface area (Å²) in [5, 5.41) is 0. The van der Waals surface area contributed by atoms with Crippen LogP contribution in [0.25, 0.3) is 0 Å². The monoisotopic (exact) mass is 222 g/mol. The van der Waals surface area contributed by atoms with Crippen LogP contribution in [-0.2, 0) is 39.1 Å². The first-order valence-corrected chi connectivity index (χ1v) is 3.40. The van der Waals surface area contributed by atoms with Gasteiger partial charge in [0.15, 0.2) is 0 Å². The van der Waals surface area contributed by atoms with Crippen LogP contribution in [0, 0.1) is 6.42 Å². The van der Waals surface area contributed by atoms with Crippen molar-refractivity contribution in [3.05, 3.63) is 36.0 Å². The van der Waals surface area contributed by atoms with Crippen LogP contribution in [0.2, 0.25) is 0 Å². The van der Waals surface area contributed by atoms with Gasteiger partial charge in [-0.25, -0.2) is 0 Å². The van der Waals surface area contributed by atoms with E-state index in [1.54, 1.807) is 6.20 Å². The zero-order chi connectivity index (χ0) is 6.97. The molecule has 1 aromatic heterocycles. The second-order valence-electron chi connectivity index (χ2n) is 2.58. The molecule has 1 radical (unpaired) electrons. The minimum absolute atomic E-state index is 0. The van der Waals surface area contributed by atoms with Gasteiger partial charge in [0.05, 0.1) is 0 Å². The van der Waals surface area contributed by atoms with E-state index >= 15 is 0 Å². The summed E-state index contributed by atoms with van der Waals surface area (Å²) in [6, 6.07) is 4.21. The molecule has 0 aromatic carbocycles. The van der Waals surface area contributed by atoms with Crippen LogP contribution >= 0.6 is 0 Å². The van der Waals surface area contributed by atoms with Gasteiger partial charge in [0.1, 0.15) is 0 Å². The van der Waals surface area contributed by atoms with Crippen LogP contribution in [0.4, 0.5) is 0 Å². The number of aromatic nitrogens is 1. The van der Waals surface area contributed by atoms with Crippen molar-refractivity contribution < 1.29 is 32.7 Å². The molecule has 0 bridgehead atoms. The summed E-state index contributed by atoms with van der Waals surface area (Å²) in [6.45, 7) is 0. The van der Waals surface area contributed by atoms with Gasteiger partial charge in [0.2, 0.25) is 0 Å². The Kier molecular flexibility index (Phi) is 3.05. The molecule has 2 nitrogen and oxygen atoms in total. The maximum absolute atomic E-state index is 5.69. The standard InChI is InChI=1S/C8H9N2.Y/c9-7-4-6-2-1-3-10-8(6)5-7;/h1-3,5,7H,4,9H2;/q-1;/t7-;/m1./s1. The normalized spacial score (nSPS) is 19.9. The molecule has 0 fully saturated rings. The molecule has 0 saturated carbocycles. The number of fused-ring (bicyclic) bond motifs is 1. The summed E-state index contributed by atoms with van der Waals surface area (Å²) >= 11 is 0. The molecule has 0 saturated heterocycles. The van der Waals surface area contributed by atoms with Crippen LogP contribution < -0.4 is 5.73 Å². The van der Waals surface area contributed by atoms with Gasteiger partial charge in [0.25, 0.3) is 0 Å². The number of hydrogen-bond donors (Lipinski definition) is 1. The van der Waals surface area contributed by atoms with Crippen molar-refractivity contribution in [2.45, 2.75) is 12.5 Å². The Morgan fingerprint density at radius 3 is 3.18 bits per heavy atom. The molecule has 3 heteroatoms. The minimum Gasteiger partial charge on any atom is -0.341 e. The van der Waals surface area contributed by atoms with E-state index in [4.69, 9.17) is 5.73 Å². The van der Waals surface area contributed by atoms with Crippen molar-refractivity contribution in [3.63, 3.8) is 0 Å². The van der Waals surface area contributed by atoms with E-state index in [-0.39, 0.29) is 38.8 Å². The fourth-order valence-corrected chi connectivity index (χ4v) is 1.29. The number of nitrogens with two attached hydrogens (primary N) is 1. The second kappa shape index (κ2) is 3.66. The van der Waals surface area contributed by atoms with Gasteiger partial charge in [0, 0.05) is 38.9 Å². The average Bonchev–Trinajstić information content (AvgIpc) is 2.27. The fraction of sp³-hybridized carbons (Fsp3) is 0.250. The van der Waals surface area contributed by atoms with Crippen molar-refractivity contribution in [1.29, 1.82) is 0 Å². The Morgan fingerprint density at radius 1 is 1.64 bits per heavy atom. The van der Waals surface area contributed by atoms with Gasteiger partial charge in [-0.3, -0.25) is 4.98 Å². The molecule has 1 atom stereocenters. The minimum atomic E-state index is 0. The molecule has 2 N–H and O–H groups in total. The smallest absolute Gasteiger partial charge is 0.0222 e. The number of pyridine rings is 1. The van der Waals surface area contributed by atoms with E-state index in [9.17, 15) is 0 Å². The zero-order valence-electron chi connectivity index (χ0n) is 6.20. The van der Waals surface area contributed by atoms with E-state index in [2.05, 4.69) is 11.1 Å². The van der Waals surface area contributed by atoms with Gasteiger partial charge < -0.3 is 5.73 Å². The van der Waals surface area contributed by atoms with E-state index in [1.165, 1.54) is 5.56 Å². The predicted molar refractivity (Wildman–Crippen MR) is 39.3 cm³/mol. The summed E-state index contributed by atoms with van der Waals surface area (Å²) in [6.07, 6.45) is 4.76. The fourth-order valence-electron chi connectivity index (χ4n) is 1.29. The first-order chi connectivity index (χ1) is 4.86. The molecular formula is C8H9N2Y-. The molecule has 1 aromatic rings. The topological polar surface area (TPSA) is 38.9 Å². The van der Waals surface area contributed by atoms with Gasteiger partial charge in [-0.2, -0.15) is 12.0 Å². The number of nitrogens with zero attached hydrogens (tertiary/aromatic N) is 1. The predicted octanol–water partition coefficient (Wildman–Crippen LogP) is 0.515. The SMILES string of the molecule is N[C@H]1[CH-]c2ncccc2C1.[Y]. The number of rotatable bonds is 0. The van der Waals surface area contributed by atoms with Gasteiger partial charge in [-0.1, -0.05) is 24.2 Å². The molecule has 2 rings (SSSR count). The molecule has 1 aliphatic rings. The zero-order valence-corrected chi connectivity index (χ0v) is 9.03. The first-order valence-electron chi connectivity index (χ1n) is 3.40. The third kappa shape index (κ3) is 1.81. The van der Waals surface area contributed by atoms with Crippen LogP contribution in [-0.4, -0.2) is 11.0 Å². The van der Waals surface area contributed by atoms with Crippen molar-refractivity contribution in [2.75, 3.05) is 0 Å². The van der Waals surface area contributed by atoms with Crippen LogP contribution in [0.1, 0.15) is 11.3 Å². The van der Waals surface area contributed by atoms with E-state index in [0.717, 1.165) is 12.1 Å². The molecular weight excluding hydrogens is 213 g/mol. The molecule has 0 unspecified atom stereocenters. The van der Waals surface area contributed by atoms with Crippen molar-refractivity contribution in [2.24, 2.45) is 5.73 Å². The summed E-state index contributed by atoms with van der Waals surface area (Å²) in [5.74, 6) is 0. The van der Waals surface area contributed by atoms with E-state index in [0.29, 0.717) is 0 Å². The molecule has 0 spiro atoms. The summed E-state index contributed by atoms with van der Waals surface area (Å²) in [7, 11) is 0. The Bertz CT molecular complexity index is 225. The molecule has 0 amide bonds. The van der Waals surface area contributed by atoms with Gasteiger partial charge >= 0.3 is 0 Å². The Labute approximate surface area is 91.5 Å². The van der Waals surface area contributed by atoms with Crippen LogP contribution in [0.15, 0.2) is 18.3 Å². The molecule has 11 heavy (non-hydrogen) atoms. The van der Waals surface area contributed by atoms with E-state index < -0.39 is 0 Å². The van der Waals surface area contributed by atoms with Gasteiger partial charge in [-0.15, -0.1) is 6.07 Å². The molecule has 1 heterocycles.